The van der Waals surface area contributed by atoms with Crippen molar-refractivity contribution < 1.29 is 14.6 Å². The number of fused-ring (bicyclic) bond motifs is 4. The summed E-state index contributed by atoms with van der Waals surface area (Å²) in [5.74, 6) is -0.173. The maximum atomic E-state index is 12.1. The van der Waals surface area contributed by atoms with Crippen molar-refractivity contribution in [1.82, 2.24) is 14.1 Å². The number of rotatable bonds is 18. The van der Waals surface area contributed by atoms with E-state index in [4.69, 9.17) is 4.74 Å². The number of benzene rings is 3. The molecule has 5 rings (SSSR count). The molecular weight excluding hydrogens is 596 g/mol. The van der Waals surface area contributed by atoms with Crippen molar-refractivity contribution in [2.24, 2.45) is 0 Å². The van der Waals surface area contributed by atoms with Gasteiger partial charge in [0.15, 0.2) is 0 Å². The van der Waals surface area contributed by atoms with Crippen LogP contribution in [-0.4, -0.2) is 31.7 Å². The number of nitriles is 1. The predicted octanol–water partition coefficient (Wildman–Crippen LogP) is 10.7. The van der Waals surface area contributed by atoms with E-state index in [9.17, 15) is 15.2 Å². The fourth-order valence-corrected chi connectivity index (χ4v) is 6.09. The summed E-state index contributed by atoms with van der Waals surface area (Å²) in [5, 5.41) is 19.4. The highest BCUT2D eigenvalue weighted by Gasteiger charge is 2.25. The molecule has 1 N–H and O–H groups in total. The first-order valence-corrected chi connectivity index (χ1v) is 18.0. The summed E-state index contributed by atoms with van der Waals surface area (Å²) in [5.41, 5.74) is 7.29. The number of nitrogens with zero attached hydrogens (tertiary/aromatic N) is 4. The van der Waals surface area contributed by atoms with E-state index in [1.54, 1.807) is 6.08 Å². The van der Waals surface area contributed by atoms with Crippen LogP contribution < -0.4 is 0 Å². The Labute approximate surface area is 286 Å². The van der Waals surface area contributed by atoms with Crippen molar-refractivity contribution in [1.29, 1.82) is 5.26 Å². The van der Waals surface area contributed by atoms with E-state index in [0.717, 1.165) is 40.8 Å². The Kier molecular flexibility index (Phi) is 14.2. The Bertz CT molecular complexity index is 1720. The molecule has 256 valence electrons. The lowest BCUT2D eigenvalue weighted by molar-refractivity contribution is -0.138. The van der Waals surface area contributed by atoms with Crippen LogP contribution in [-0.2, 0) is 9.53 Å². The Morgan fingerprint density at radius 2 is 1.27 bits per heavy atom. The molecule has 0 aliphatic rings. The molecule has 0 saturated carbocycles. The topological polar surface area (TPSA) is 84.1 Å². The lowest BCUT2D eigenvalue weighted by Crippen LogP contribution is -2.08. The normalized spacial score (nSPS) is 11.6. The predicted molar refractivity (Wildman–Crippen MR) is 196 cm³/mol. The first-order valence-electron chi connectivity index (χ1n) is 18.0. The lowest BCUT2D eigenvalue weighted by Gasteiger charge is -2.05. The van der Waals surface area contributed by atoms with E-state index in [1.165, 1.54) is 88.1 Å². The maximum Gasteiger partial charge on any atom is 0.348 e. The van der Waals surface area contributed by atoms with E-state index in [2.05, 4.69) is 19.1 Å². The van der Waals surface area contributed by atoms with Crippen LogP contribution in [0.4, 0.5) is 0 Å². The molecule has 0 atom stereocenters. The number of para-hydroxylation sites is 2. The van der Waals surface area contributed by atoms with Crippen LogP contribution >= 0.6 is 0 Å². The van der Waals surface area contributed by atoms with Crippen LogP contribution in [0.3, 0.4) is 0 Å². The number of aromatic hydroxyl groups is 1. The third-order valence-electron chi connectivity index (χ3n) is 8.92. The highest BCUT2D eigenvalue weighted by molar-refractivity contribution is 5.97. The smallest absolute Gasteiger partial charge is 0.348 e. The summed E-state index contributed by atoms with van der Waals surface area (Å²) in [4.78, 5) is 14.1. The third kappa shape index (κ3) is 10.3. The van der Waals surface area contributed by atoms with Crippen LogP contribution in [0.15, 0.2) is 66.2 Å². The molecule has 7 heteroatoms. The van der Waals surface area contributed by atoms with Crippen LogP contribution in [0.5, 0.6) is 5.75 Å². The number of hydrogen-bond donors (Lipinski definition) is 1. The molecule has 7 nitrogen and oxygen atoms in total. The minimum atomic E-state index is -0.521. The van der Waals surface area contributed by atoms with E-state index < -0.39 is 5.97 Å². The number of esters is 1. The molecule has 48 heavy (non-hydrogen) atoms. The lowest BCUT2D eigenvalue weighted by atomic mass is 10.0. The molecule has 2 heterocycles. The largest absolute Gasteiger partial charge is 0.505 e. The molecule has 0 aliphatic carbocycles. The van der Waals surface area contributed by atoms with Gasteiger partial charge in [0.2, 0.25) is 0 Å². The van der Waals surface area contributed by atoms with Gasteiger partial charge in [-0.3, -0.25) is 0 Å². The van der Waals surface area contributed by atoms with Gasteiger partial charge in [-0.15, -0.1) is 14.1 Å². The second-order valence-electron chi connectivity index (χ2n) is 13.1. The van der Waals surface area contributed by atoms with Gasteiger partial charge in [-0.05, 0) is 68.2 Å². The van der Waals surface area contributed by atoms with Crippen molar-refractivity contribution in [3.63, 3.8) is 0 Å². The quantitative estimate of drug-likeness (QED) is 0.0443. The van der Waals surface area contributed by atoms with Gasteiger partial charge in [-0.1, -0.05) is 138 Å². The van der Waals surface area contributed by atoms with Crippen LogP contribution in [0.1, 0.15) is 119 Å². The number of aryl methyl sites for hydroxylation is 3. The van der Waals surface area contributed by atoms with Gasteiger partial charge in [-0.25, -0.2) is 4.79 Å². The van der Waals surface area contributed by atoms with Crippen molar-refractivity contribution in [2.45, 2.75) is 118 Å². The van der Waals surface area contributed by atoms with Gasteiger partial charge in [0, 0.05) is 0 Å². The average Bonchev–Trinajstić information content (AvgIpc) is 3.75. The molecule has 0 saturated heterocycles. The van der Waals surface area contributed by atoms with Gasteiger partial charge in [0.1, 0.15) is 34.1 Å². The number of phenols is 1. The minimum Gasteiger partial charge on any atom is -0.505 e. The van der Waals surface area contributed by atoms with Crippen LogP contribution in [0.2, 0.25) is 0 Å². The molecule has 0 bridgehead atoms. The summed E-state index contributed by atoms with van der Waals surface area (Å²) in [6, 6.07) is 21.8. The second-order valence-corrected chi connectivity index (χ2v) is 13.1. The fraction of sp³-hybridized carbons (Fsp3) is 0.463. The molecule has 3 aromatic carbocycles. The van der Waals surface area contributed by atoms with E-state index >= 15 is 0 Å². The Hall–Kier alpha value is -4.44. The summed E-state index contributed by atoms with van der Waals surface area (Å²) in [7, 11) is 0. The highest BCUT2D eigenvalue weighted by Crippen LogP contribution is 2.33. The Morgan fingerprint density at radius 3 is 1.79 bits per heavy atom. The number of carbonyl (C=O) groups is 1. The zero-order valence-corrected chi connectivity index (χ0v) is 29.5. The third-order valence-corrected chi connectivity index (χ3v) is 8.92. The maximum absolute atomic E-state index is 12.1. The summed E-state index contributed by atoms with van der Waals surface area (Å²) in [6.45, 7) is 8.63. The number of aromatic nitrogens is 3. The summed E-state index contributed by atoms with van der Waals surface area (Å²) < 4.78 is 9.36. The monoisotopic (exact) mass is 650 g/mol. The van der Waals surface area contributed by atoms with Crippen molar-refractivity contribution in [2.75, 3.05) is 6.61 Å². The van der Waals surface area contributed by atoms with Gasteiger partial charge < -0.3 is 9.84 Å². The standard InChI is InChI=1S/C27H41NO2.C14H13N3O/c1-3-4-5-6-7-8-9-10-11-12-13-14-15-16-21-30-27(29)26(23-28)22-25-19-17-24(2)18-20-25;1-9-7-10(2)14(18)13(8-9)17-15-11-5-3-4-6-12(11)16(15)17/h17-20,22H,3-16,21H2,1-2H3;3-8,18H,1-2H3. The number of carbonyl (C=O) groups excluding carboxylic acids is 1. The molecule has 0 spiro atoms. The average molecular weight is 651 g/mol. The first kappa shape index (κ1) is 36.4. The number of hydrogen-bond acceptors (Lipinski definition) is 4. The number of unbranched alkanes of at least 4 members (excludes halogenated alkanes) is 13. The summed E-state index contributed by atoms with van der Waals surface area (Å²) in [6.07, 6.45) is 19.8. The van der Waals surface area contributed by atoms with Crippen molar-refractivity contribution >= 4 is 23.1 Å². The molecule has 0 fully saturated rings. The van der Waals surface area contributed by atoms with Gasteiger partial charge in [-0.2, -0.15) is 5.26 Å². The molecule has 0 amide bonds. The zero-order chi connectivity index (χ0) is 34.3. The molecule has 5 aromatic rings. The van der Waals surface area contributed by atoms with Gasteiger partial charge >= 0.3 is 5.97 Å². The van der Waals surface area contributed by atoms with Crippen LogP contribution in [0.25, 0.3) is 22.8 Å². The molecule has 0 radical (unpaired) electrons. The van der Waals surface area contributed by atoms with Crippen molar-refractivity contribution in [3.05, 3.63) is 88.5 Å². The van der Waals surface area contributed by atoms with Crippen LogP contribution in [0, 0.1) is 32.1 Å². The SMILES string of the molecule is CCCCCCCCCCCCCCCCOC(=O)C(C#N)=Cc1ccc(C)cc1.Cc1cc(C)c(O)c(-n2n3c4ccccc4n23)c1. The summed E-state index contributed by atoms with van der Waals surface area (Å²) >= 11 is 0. The minimum absolute atomic E-state index is 0.0595. The van der Waals surface area contributed by atoms with E-state index in [-0.39, 0.29) is 5.57 Å². The van der Waals surface area contributed by atoms with E-state index in [0.29, 0.717) is 12.4 Å². The number of ether oxygens (including phenoxy) is 1. The Balaban J connectivity index is 0.000000241. The van der Waals surface area contributed by atoms with Gasteiger partial charge in [0.05, 0.1) is 6.61 Å². The number of phenolic OH excluding ortho intramolecular Hbond substituents is 1. The fourth-order valence-electron chi connectivity index (χ4n) is 6.09. The highest BCUT2D eigenvalue weighted by atomic mass is 16.5. The molecule has 2 aromatic heterocycles. The van der Waals surface area contributed by atoms with Gasteiger partial charge in [0.25, 0.3) is 0 Å². The molecule has 0 unspecified atom stereocenters. The second kappa shape index (κ2) is 18.8. The molecule has 0 aliphatic heterocycles. The molecular formula is C41H54N4O3. The Morgan fingerprint density at radius 1 is 0.750 bits per heavy atom. The first-order chi connectivity index (χ1) is 23.3. The van der Waals surface area contributed by atoms with Crippen molar-refractivity contribution in [3.8, 4) is 17.5 Å². The van der Waals surface area contributed by atoms with E-state index in [1.807, 2.05) is 89.4 Å². The zero-order valence-electron chi connectivity index (χ0n) is 29.5.